The highest BCUT2D eigenvalue weighted by Gasteiger charge is 2.03. The monoisotopic (exact) mass is 311 g/mol. The SMILES string of the molecule is COC(=O)CCCCCNC(=O)CCc1cccc(Cl)c1. The Kier molecular flexibility index (Phi) is 8.51. The second-order valence-corrected chi connectivity index (χ2v) is 5.30. The lowest BCUT2D eigenvalue weighted by molar-refractivity contribution is -0.140. The van der Waals surface area contributed by atoms with Gasteiger partial charge in [-0.3, -0.25) is 9.59 Å². The second-order valence-electron chi connectivity index (χ2n) is 4.87. The zero-order valence-electron chi connectivity index (χ0n) is 12.4. The highest BCUT2D eigenvalue weighted by atomic mass is 35.5. The summed E-state index contributed by atoms with van der Waals surface area (Å²) in [6.07, 6.45) is 4.17. The summed E-state index contributed by atoms with van der Waals surface area (Å²) in [5.41, 5.74) is 1.07. The Bertz CT molecular complexity index is 463. The van der Waals surface area contributed by atoms with Crippen molar-refractivity contribution in [1.82, 2.24) is 5.32 Å². The fourth-order valence-corrected chi connectivity index (χ4v) is 2.15. The van der Waals surface area contributed by atoms with Gasteiger partial charge in [0, 0.05) is 24.4 Å². The first-order valence-electron chi connectivity index (χ1n) is 7.20. The molecular formula is C16H22ClNO3. The van der Waals surface area contributed by atoms with Crippen LogP contribution in [0.4, 0.5) is 0 Å². The summed E-state index contributed by atoms with van der Waals surface area (Å²) < 4.78 is 4.56. The van der Waals surface area contributed by atoms with E-state index in [4.69, 9.17) is 11.6 Å². The molecule has 0 heterocycles. The van der Waals surface area contributed by atoms with Gasteiger partial charge in [-0.25, -0.2) is 0 Å². The Morgan fingerprint density at radius 2 is 2.00 bits per heavy atom. The molecule has 0 aliphatic rings. The molecule has 0 aromatic heterocycles. The third kappa shape index (κ3) is 8.35. The number of unbranched alkanes of at least 4 members (excludes halogenated alkanes) is 2. The van der Waals surface area contributed by atoms with Crippen LogP contribution in [0, 0.1) is 0 Å². The maximum absolute atomic E-state index is 11.7. The van der Waals surface area contributed by atoms with Crippen LogP contribution in [0.3, 0.4) is 0 Å². The smallest absolute Gasteiger partial charge is 0.305 e. The summed E-state index contributed by atoms with van der Waals surface area (Å²) in [5, 5.41) is 3.57. The average Bonchev–Trinajstić information content (AvgIpc) is 2.48. The van der Waals surface area contributed by atoms with Crippen LogP contribution in [0.1, 0.15) is 37.7 Å². The van der Waals surface area contributed by atoms with Crippen molar-refractivity contribution in [2.24, 2.45) is 0 Å². The normalized spacial score (nSPS) is 10.2. The Labute approximate surface area is 130 Å². The lowest BCUT2D eigenvalue weighted by atomic mass is 10.1. The van der Waals surface area contributed by atoms with Crippen molar-refractivity contribution in [1.29, 1.82) is 0 Å². The van der Waals surface area contributed by atoms with Gasteiger partial charge in [0.05, 0.1) is 7.11 Å². The van der Waals surface area contributed by atoms with Crippen molar-refractivity contribution in [3.8, 4) is 0 Å². The van der Waals surface area contributed by atoms with Crippen molar-refractivity contribution in [2.45, 2.75) is 38.5 Å². The summed E-state index contributed by atoms with van der Waals surface area (Å²) >= 11 is 5.89. The fourth-order valence-electron chi connectivity index (χ4n) is 1.94. The fraction of sp³-hybridized carbons (Fsp3) is 0.500. The number of methoxy groups -OCH3 is 1. The molecule has 0 unspecified atom stereocenters. The average molecular weight is 312 g/mol. The third-order valence-corrected chi connectivity index (χ3v) is 3.37. The van der Waals surface area contributed by atoms with Gasteiger partial charge in [-0.2, -0.15) is 0 Å². The minimum Gasteiger partial charge on any atom is -0.469 e. The lowest BCUT2D eigenvalue weighted by Crippen LogP contribution is -2.24. The van der Waals surface area contributed by atoms with E-state index in [0.29, 0.717) is 30.8 Å². The first kappa shape index (κ1) is 17.5. The summed E-state index contributed by atoms with van der Waals surface area (Å²) in [6, 6.07) is 7.55. The highest BCUT2D eigenvalue weighted by molar-refractivity contribution is 6.30. The van der Waals surface area contributed by atoms with Gasteiger partial charge in [0.1, 0.15) is 0 Å². The van der Waals surface area contributed by atoms with Gasteiger partial charge in [0.25, 0.3) is 0 Å². The summed E-state index contributed by atoms with van der Waals surface area (Å²) in [7, 11) is 1.39. The molecule has 0 aliphatic heterocycles. The molecule has 1 amide bonds. The van der Waals surface area contributed by atoms with Crippen molar-refractivity contribution >= 4 is 23.5 Å². The molecule has 116 valence electrons. The number of esters is 1. The van der Waals surface area contributed by atoms with Gasteiger partial charge in [-0.15, -0.1) is 0 Å². The predicted octanol–water partition coefficient (Wildman–Crippen LogP) is 3.12. The molecule has 0 fully saturated rings. The minimum atomic E-state index is -0.180. The molecule has 1 N–H and O–H groups in total. The van der Waals surface area contributed by atoms with E-state index in [1.54, 1.807) is 0 Å². The molecular weight excluding hydrogens is 290 g/mol. The molecule has 0 spiro atoms. The molecule has 0 saturated heterocycles. The molecule has 5 heteroatoms. The Morgan fingerprint density at radius 1 is 1.19 bits per heavy atom. The van der Waals surface area contributed by atoms with Crippen LogP contribution < -0.4 is 5.32 Å². The van der Waals surface area contributed by atoms with E-state index in [1.807, 2.05) is 24.3 Å². The van der Waals surface area contributed by atoms with E-state index in [9.17, 15) is 9.59 Å². The molecule has 0 atom stereocenters. The van der Waals surface area contributed by atoms with E-state index >= 15 is 0 Å². The van der Waals surface area contributed by atoms with E-state index in [2.05, 4.69) is 10.1 Å². The second kappa shape index (κ2) is 10.2. The zero-order valence-corrected chi connectivity index (χ0v) is 13.1. The van der Waals surface area contributed by atoms with Crippen LogP contribution in [-0.4, -0.2) is 25.5 Å². The largest absolute Gasteiger partial charge is 0.469 e. The predicted molar refractivity (Wildman–Crippen MR) is 83.3 cm³/mol. The Hall–Kier alpha value is -1.55. The number of nitrogens with one attached hydrogen (secondary N) is 1. The Balaban J connectivity index is 2.05. The molecule has 0 saturated carbocycles. The quantitative estimate of drug-likeness (QED) is 0.563. The van der Waals surface area contributed by atoms with Crippen LogP contribution in [0.5, 0.6) is 0 Å². The number of ether oxygens (including phenoxy) is 1. The number of halogens is 1. The molecule has 1 aromatic carbocycles. The maximum atomic E-state index is 11.7. The minimum absolute atomic E-state index is 0.0444. The molecule has 0 aliphatic carbocycles. The number of hydrogen-bond donors (Lipinski definition) is 1. The Morgan fingerprint density at radius 3 is 2.71 bits per heavy atom. The van der Waals surface area contributed by atoms with E-state index in [-0.39, 0.29) is 11.9 Å². The van der Waals surface area contributed by atoms with E-state index < -0.39 is 0 Å². The zero-order chi connectivity index (χ0) is 15.5. The van der Waals surface area contributed by atoms with E-state index in [0.717, 1.165) is 24.8 Å². The lowest BCUT2D eigenvalue weighted by Gasteiger charge is -2.05. The number of rotatable bonds is 9. The number of carbonyl (C=O) groups is 2. The van der Waals surface area contributed by atoms with Crippen LogP contribution in [0.25, 0.3) is 0 Å². The van der Waals surface area contributed by atoms with Gasteiger partial charge in [0.2, 0.25) is 5.91 Å². The summed E-state index contributed by atoms with van der Waals surface area (Å²) in [6.45, 7) is 0.648. The first-order chi connectivity index (χ1) is 10.1. The van der Waals surface area contributed by atoms with Crippen LogP contribution >= 0.6 is 11.6 Å². The maximum Gasteiger partial charge on any atom is 0.305 e. The van der Waals surface area contributed by atoms with Gasteiger partial charge < -0.3 is 10.1 Å². The molecule has 1 rings (SSSR count). The summed E-state index contributed by atoms with van der Waals surface area (Å²) in [5.74, 6) is -0.136. The van der Waals surface area contributed by atoms with Crippen LogP contribution in [0.2, 0.25) is 5.02 Å². The number of amides is 1. The molecule has 0 radical (unpaired) electrons. The van der Waals surface area contributed by atoms with Gasteiger partial charge >= 0.3 is 5.97 Å². The highest BCUT2D eigenvalue weighted by Crippen LogP contribution is 2.12. The van der Waals surface area contributed by atoms with Crippen molar-refractivity contribution in [2.75, 3.05) is 13.7 Å². The van der Waals surface area contributed by atoms with E-state index in [1.165, 1.54) is 7.11 Å². The van der Waals surface area contributed by atoms with Gasteiger partial charge in [0.15, 0.2) is 0 Å². The van der Waals surface area contributed by atoms with Crippen molar-refractivity contribution in [3.05, 3.63) is 34.9 Å². The molecule has 0 bridgehead atoms. The standard InChI is InChI=1S/C16H22ClNO3/c1-21-16(20)8-3-2-4-11-18-15(19)10-9-13-6-5-7-14(17)12-13/h5-7,12H,2-4,8-11H2,1H3,(H,18,19). The molecule has 1 aromatic rings. The molecule has 21 heavy (non-hydrogen) atoms. The third-order valence-electron chi connectivity index (χ3n) is 3.14. The van der Waals surface area contributed by atoms with Crippen molar-refractivity contribution in [3.63, 3.8) is 0 Å². The first-order valence-corrected chi connectivity index (χ1v) is 7.57. The topological polar surface area (TPSA) is 55.4 Å². The number of aryl methyl sites for hydroxylation is 1. The molecule has 4 nitrogen and oxygen atoms in total. The number of benzene rings is 1. The summed E-state index contributed by atoms with van der Waals surface area (Å²) in [4.78, 5) is 22.6. The number of hydrogen-bond acceptors (Lipinski definition) is 3. The van der Waals surface area contributed by atoms with Gasteiger partial charge in [-0.05, 0) is 37.0 Å². The van der Waals surface area contributed by atoms with Crippen LogP contribution in [0.15, 0.2) is 24.3 Å². The van der Waals surface area contributed by atoms with Crippen molar-refractivity contribution < 1.29 is 14.3 Å². The van der Waals surface area contributed by atoms with Gasteiger partial charge in [-0.1, -0.05) is 30.2 Å². The number of carbonyl (C=O) groups excluding carboxylic acids is 2. The van der Waals surface area contributed by atoms with Crippen LogP contribution in [-0.2, 0) is 20.7 Å².